The first-order valence-corrected chi connectivity index (χ1v) is 5.24. The Morgan fingerprint density at radius 2 is 2.44 bits per heavy atom. The van der Waals surface area contributed by atoms with Gasteiger partial charge in [0.05, 0.1) is 13.5 Å². The summed E-state index contributed by atoms with van der Waals surface area (Å²) in [5, 5.41) is 8.70. The highest BCUT2D eigenvalue weighted by molar-refractivity contribution is 5.67. The maximum atomic E-state index is 10.6. The molecule has 0 aliphatic carbocycles. The fourth-order valence-electron chi connectivity index (χ4n) is 1.89. The monoisotopic (exact) mass is 222 g/mol. The first kappa shape index (κ1) is 10.8. The summed E-state index contributed by atoms with van der Waals surface area (Å²) in [5.41, 5.74) is 1.08. The van der Waals surface area contributed by atoms with Gasteiger partial charge in [0.25, 0.3) is 0 Å². The zero-order valence-electron chi connectivity index (χ0n) is 9.10. The first-order chi connectivity index (χ1) is 7.69. The Kier molecular flexibility index (Phi) is 2.99. The van der Waals surface area contributed by atoms with Crippen LogP contribution in [0, 0.1) is 0 Å². The van der Waals surface area contributed by atoms with Gasteiger partial charge in [-0.25, -0.2) is 0 Å². The molecule has 0 fully saturated rings. The molecule has 1 aromatic carbocycles. The minimum atomic E-state index is -0.818. The maximum Gasteiger partial charge on any atom is 0.307 e. The lowest BCUT2D eigenvalue weighted by atomic mass is 10.0. The molecule has 0 spiro atoms. The number of aliphatic carboxylic acids is 1. The number of carboxylic acids is 1. The van der Waals surface area contributed by atoms with Gasteiger partial charge in [-0.15, -0.1) is 0 Å². The number of carbonyl (C=O) groups is 1. The van der Waals surface area contributed by atoms with Gasteiger partial charge in [-0.3, -0.25) is 4.79 Å². The van der Waals surface area contributed by atoms with Crippen molar-refractivity contribution in [2.45, 2.75) is 25.4 Å². The van der Waals surface area contributed by atoms with E-state index in [-0.39, 0.29) is 12.5 Å². The summed E-state index contributed by atoms with van der Waals surface area (Å²) in [4.78, 5) is 10.6. The predicted molar refractivity (Wildman–Crippen MR) is 58.0 cm³/mol. The van der Waals surface area contributed by atoms with Crippen LogP contribution in [-0.2, 0) is 11.2 Å². The third kappa shape index (κ3) is 2.27. The van der Waals surface area contributed by atoms with Crippen LogP contribution >= 0.6 is 0 Å². The van der Waals surface area contributed by atoms with E-state index >= 15 is 0 Å². The van der Waals surface area contributed by atoms with Gasteiger partial charge >= 0.3 is 5.97 Å². The second-order valence-electron chi connectivity index (χ2n) is 3.85. The fourth-order valence-corrected chi connectivity index (χ4v) is 1.89. The van der Waals surface area contributed by atoms with Crippen LogP contribution in [0.3, 0.4) is 0 Å². The fraction of sp³-hybridized carbons (Fsp3) is 0.417. The highest BCUT2D eigenvalue weighted by atomic mass is 16.5. The third-order valence-corrected chi connectivity index (χ3v) is 2.70. The summed E-state index contributed by atoms with van der Waals surface area (Å²) < 4.78 is 10.7. The molecule has 0 amide bonds. The average Bonchev–Trinajstić information content (AvgIpc) is 2.27. The standard InChI is InChI=1S/C12H14O4/c1-15-9-4-5-11-8(6-9)2-3-10(16-11)7-12(13)14/h4-6,10H,2-3,7H2,1H3,(H,13,14). The lowest BCUT2D eigenvalue weighted by Gasteiger charge is -2.25. The molecule has 1 atom stereocenters. The summed E-state index contributed by atoms with van der Waals surface area (Å²) in [6.07, 6.45) is 1.43. The lowest BCUT2D eigenvalue weighted by molar-refractivity contribution is -0.139. The molecular formula is C12H14O4. The van der Waals surface area contributed by atoms with Gasteiger partial charge in [0.15, 0.2) is 0 Å². The molecule has 86 valence electrons. The Labute approximate surface area is 93.8 Å². The van der Waals surface area contributed by atoms with Crippen molar-refractivity contribution in [3.05, 3.63) is 23.8 Å². The van der Waals surface area contributed by atoms with Crippen molar-refractivity contribution in [2.75, 3.05) is 7.11 Å². The van der Waals surface area contributed by atoms with Gasteiger partial charge in [0.1, 0.15) is 17.6 Å². The maximum absolute atomic E-state index is 10.6. The van der Waals surface area contributed by atoms with E-state index < -0.39 is 5.97 Å². The number of rotatable bonds is 3. The molecule has 4 nitrogen and oxygen atoms in total. The smallest absolute Gasteiger partial charge is 0.307 e. The van der Waals surface area contributed by atoms with Crippen molar-refractivity contribution >= 4 is 5.97 Å². The van der Waals surface area contributed by atoms with Crippen LogP contribution in [0.5, 0.6) is 11.5 Å². The van der Waals surface area contributed by atoms with Gasteiger partial charge < -0.3 is 14.6 Å². The normalized spacial score (nSPS) is 18.4. The van der Waals surface area contributed by atoms with Crippen LogP contribution in [0.2, 0.25) is 0 Å². The molecular weight excluding hydrogens is 208 g/mol. The number of ether oxygens (including phenoxy) is 2. The number of benzene rings is 1. The largest absolute Gasteiger partial charge is 0.497 e. The molecule has 1 N–H and O–H groups in total. The van der Waals surface area contributed by atoms with Gasteiger partial charge in [0.2, 0.25) is 0 Å². The lowest BCUT2D eigenvalue weighted by Crippen LogP contribution is -2.25. The number of carboxylic acid groups (broad SMARTS) is 1. The molecule has 1 aliphatic heterocycles. The van der Waals surface area contributed by atoms with Crippen LogP contribution in [0.4, 0.5) is 0 Å². The molecule has 1 aromatic rings. The molecule has 16 heavy (non-hydrogen) atoms. The van der Waals surface area contributed by atoms with E-state index in [1.54, 1.807) is 7.11 Å². The third-order valence-electron chi connectivity index (χ3n) is 2.70. The Morgan fingerprint density at radius 3 is 3.12 bits per heavy atom. The number of hydrogen-bond acceptors (Lipinski definition) is 3. The van der Waals surface area contributed by atoms with Crippen LogP contribution in [0.15, 0.2) is 18.2 Å². The molecule has 1 aliphatic rings. The number of methoxy groups -OCH3 is 1. The predicted octanol–water partition coefficient (Wildman–Crippen LogP) is 1.86. The van der Waals surface area contributed by atoms with E-state index in [4.69, 9.17) is 14.6 Å². The van der Waals surface area contributed by atoms with E-state index in [2.05, 4.69) is 0 Å². The average molecular weight is 222 g/mol. The Balaban J connectivity index is 2.12. The zero-order chi connectivity index (χ0) is 11.5. The minimum Gasteiger partial charge on any atom is -0.497 e. The van der Waals surface area contributed by atoms with Crippen LogP contribution < -0.4 is 9.47 Å². The van der Waals surface area contributed by atoms with Crippen molar-refractivity contribution in [3.8, 4) is 11.5 Å². The summed E-state index contributed by atoms with van der Waals surface area (Å²) in [7, 11) is 1.62. The van der Waals surface area contributed by atoms with Crippen molar-refractivity contribution in [1.29, 1.82) is 0 Å². The van der Waals surface area contributed by atoms with E-state index in [1.807, 2.05) is 18.2 Å². The molecule has 1 heterocycles. The highest BCUT2D eigenvalue weighted by Crippen LogP contribution is 2.31. The number of fused-ring (bicyclic) bond motifs is 1. The molecule has 0 saturated heterocycles. The summed E-state index contributed by atoms with van der Waals surface area (Å²) in [5.74, 6) is 0.763. The number of hydrogen-bond donors (Lipinski definition) is 1. The molecule has 0 bridgehead atoms. The van der Waals surface area contributed by atoms with Gasteiger partial charge in [-0.1, -0.05) is 0 Å². The molecule has 2 rings (SSSR count). The highest BCUT2D eigenvalue weighted by Gasteiger charge is 2.22. The molecule has 0 radical (unpaired) electrons. The minimum absolute atomic E-state index is 0.0610. The Hall–Kier alpha value is -1.71. The first-order valence-electron chi connectivity index (χ1n) is 5.24. The Bertz CT molecular complexity index is 400. The van der Waals surface area contributed by atoms with Crippen LogP contribution in [0.25, 0.3) is 0 Å². The molecule has 1 unspecified atom stereocenters. The summed E-state index contributed by atoms with van der Waals surface area (Å²) in [6, 6.07) is 5.59. The molecule has 0 saturated carbocycles. The summed E-state index contributed by atoms with van der Waals surface area (Å²) in [6.45, 7) is 0. The van der Waals surface area contributed by atoms with Gasteiger partial charge in [0, 0.05) is 0 Å². The van der Waals surface area contributed by atoms with Gasteiger partial charge in [-0.2, -0.15) is 0 Å². The Morgan fingerprint density at radius 1 is 1.62 bits per heavy atom. The van der Waals surface area contributed by atoms with Crippen molar-refractivity contribution < 1.29 is 19.4 Å². The topological polar surface area (TPSA) is 55.8 Å². The van der Waals surface area contributed by atoms with Crippen LogP contribution in [-0.4, -0.2) is 24.3 Å². The SMILES string of the molecule is COc1ccc2c(c1)CCC(CC(=O)O)O2. The molecule has 0 aromatic heterocycles. The van der Waals surface area contributed by atoms with E-state index in [0.717, 1.165) is 29.9 Å². The van der Waals surface area contributed by atoms with Crippen molar-refractivity contribution in [1.82, 2.24) is 0 Å². The zero-order valence-corrected chi connectivity index (χ0v) is 9.10. The van der Waals surface area contributed by atoms with E-state index in [9.17, 15) is 4.79 Å². The van der Waals surface area contributed by atoms with Gasteiger partial charge in [-0.05, 0) is 36.6 Å². The van der Waals surface area contributed by atoms with E-state index in [1.165, 1.54) is 0 Å². The second kappa shape index (κ2) is 4.43. The quantitative estimate of drug-likeness (QED) is 0.848. The second-order valence-corrected chi connectivity index (χ2v) is 3.85. The molecule has 4 heteroatoms. The van der Waals surface area contributed by atoms with Crippen LogP contribution in [0.1, 0.15) is 18.4 Å². The van der Waals surface area contributed by atoms with Crippen molar-refractivity contribution in [2.24, 2.45) is 0 Å². The van der Waals surface area contributed by atoms with E-state index in [0.29, 0.717) is 0 Å². The number of aryl methyl sites for hydroxylation is 1. The van der Waals surface area contributed by atoms with Crippen molar-refractivity contribution in [3.63, 3.8) is 0 Å². The summed E-state index contributed by atoms with van der Waals surface area (Å²) >= 11 is 0.